The Balaban J connectivity index is 1.45. The number of aromatic nitrogens is 1. The second kappa shape index (κ2) is 6.93. The molecule has 122 valence electrons. The van der Waals surface area contributed by atoms with E-state index in [1.165, 1.54) is 35.6 Å². The molecule has 6 nitrogen and oxygen atoms in total. The number of rotatable bonds is 4. The fourth-order valence-electron chi connectivity index (χ4n) is 2.60. The highest BCUT2D eigenvalue weighted by Crippen LogP contribution is 2.19. The van der Waals surface area contributed by atoms with Gasteiger partial charge in [-0.15, -0.1) is 11.3 Å². The van der Waals surface area contributed by atoms with Gasteiger partial charge in [-0.05, 0) is 30.7 Å². The highest BCUT2D eigenvalue weighted by atomic mass is 32.1. The lowest BCUT2D eigenvalue weighted by Crippen LogP contribution is -2.39. The van der Waals surface area contributed by atoms with Crippen LogP contribution in [0, 0.1) is 5.82 Å². The Morgan fingerprint density at radius 3 is 2.91 bits per heavy atom. The van der Waals surface area contributed by atoms with Gasteiger partial charge in [-0.3, -0.25) is 4.90 Å². The van der Waals surface area contributed by atoms with Gasteiger partial charge in [0.2, 0.25) is 0 Å². The first-order chi connectivity index (χ1) is 11.1. The summed E-state index contributed by atoms with van der Waals surface area (Å²) >= 11 is 1.49. The van der Waals surface area contributed by atoms with Crippen LogP contribution in [0.4, 0.5) is 20.0 Å². The van der Waals surface area contributed by atoms with Crippen LogP contribution in [0.3, 0.4) is 0 Å². The number of halogens is 1. The number of amides is 2. The number of anilines is 2. The van der Waals surface area contributed by atoms with Crippen molar-refractivity contribution in [2.45, 2.75) is 19.0 Å². The van der Waals surface area contributed by atoms with Crippen LogP contribution in [-0.2, 0) is 6.54 Å². The fraction of sp³-hybridized carbons (Fsp3) is 0.333. The predicted molar refractivity (Wildman–Crippen MR) is 88.8 cm³/mol. The standard InChI is InChI=1S/C15H18FN5OS/c16-10-1-3-11(4-2-10)19-15(22)20-12-5-6-21(8-12)9-13-7-18-14(17)23-13/h1-4,7,12H,5-6,8-9H2,(H2,17,18)(H2,19,20,22). The number of hydrogen-bond acceptors (Lipinski definition) is 5. The van der Waals surface area contributed by atoms with E-state index < -0.39 is 0 Å². The molecule has 0 radical (unpaired) electrons. The van der Waals surface area contributed by atoms with Crippen LogP contribution in [0.1, 0.15) is 11.3 Å². The maximum atomic E-state index is 12.8. The van der Waals surface area contributed by atoms with Gasteiger partial charge >= 0.3 is 6.03 Å². The zero-order chi connectivity index (χ0) is 16.2. The molecule has 0 aliphatic carbocycles. The minimum atomic E-state index is -0.328. The summed E-state index contributed by atoms with van der Waals surface area (Å²) < 4.78 is 12.8. The summed E-state index contributed by atoms with van der Waals surface area (Å²) in [6.45, 7) is 2.50. The Labute approximate surface area is 137 Å². The first-order valence-corrected chi connectivity index (χ1v) is 8.16. The summed E-state index contributed by atoms with van der Waals surface area (Å²) in [4.78, 5) is 19.4. The summed E-state index contributed by atoms with van der Waals surface area (Å²) in [5, 5.41) is 6.22. The van der Waals surface area contributed by atoms with E-state index in [0.29, 0.717) is 10.8 Å². The van der Waals surface area contributed by atoms with Crippen molar-refractivity contribution in [3.05, 3.63) is 41.2 Å². The number of thiazole rings is 1. The third-order valence-electron chi connectivity index (χ3n) is 3.66. The first kappa shape index (κ1) is 15.7. The highest BCUT2D eigenvalue weighted by Gasteiger charge is 2.24. The number of nitrogens with zero attached hydrogens (tertiary/aromatic N) is 2. The average molecular weight is 335 g/mol. The van der Waals surface area contributed by atoms with Crippen molar-refractivity contribution >= 4 is 28.2 Å². The van der Waals surface area contributed by atoms with Crippen molar-refractivity contribution in [3.63, 3.8) is 0 Å². The first-order valence-electron chi connectivity index (χ1n) is 7.34. The van der Waals surface area contributed by atoms with Crippen LogP contribution in [0.15, 0.2) is 30.5 Å². The summed E-state index contributed by atoms with van der Waals surface area (Å²) in [5.74, 6) is -0.328. The molecule has 4 N–H and O–H groups in total. The summed E-state index contributed by atoms with van der Waals surface area (Å²) in [5.41, 5.74) is 6.20. The molecule has 1 aliphatic heterocycles. The van der Waals surface area contributed by atoms with Crippen molar-refractivity contribution in [1.82, 2.24) is 15.2 Å². The summed E-state index contributed by atoms with van der Waals surface area (Å²) in [6.07, 6.45) is 2.69. The van der Waals surface area contributed by atoms with Gasteiger partial charge in [-0.25, -0.2) is 14.2 Å². The van der Waals surface area contributed by atoms with Crippen LogP contribution >= 0.6 is 11.3 Å². The summed E-state index contributed by atoms with van der Waals surface area (Å²) in [7, 11) is 0. The maximum absolute atomic E-state index is 12.8. The SMILES string of the molecule is Nc1ncc(CN2CCC(NC(=O)Nc3ccc(F)cc3)C2)s1. The van der Waals surface area contributed by atoms with E-state index in [1.807, 2.05) is 0 Å². The van der Waals surface area contributed by atoms with E-state index in [-0.39, 0.29) is 17.9 Å². The Morgan fingerprint density at radius 1 is 1.43 bits per heavy atom. The molecule has 1 atom stereocenters. The monoisotopic (exact) mass is 335 g/mol. The molecule has 1 aromatic heterocycles. The number of nitrogen functional groups attached to an aromatic ring is 1. The largest absolute Gasteiger partial charge is 0.375 e. The van der Waals surface area contributed by atoms with Gasteiger partial charge < -0.3 is 16.4 Å². The second-order valence-electron chi connectivity index (χ2n) is 5.49. The van der Waals surface area contributed by atoms with E-state index in [9.17, 15) is 9.18 Å². The summed E-state index contributed by atoms with van der Waals surface area (Å²) in [6, 6.07) is 5.52. The van der Waals surface area contributed by atoms with Gasteiger partial charge in [0.1, 0.15) is 5.82 Å². The van der Waals surface area contributed by atoms with E-state index in [2.05, 4.69) is 20.5 Å². The number of nitrogens with one attached hydrogen (secondary N) is 2. The van der Waals surface area contributed by atoms with E-state index >= 15 is 0 Å². The molecular formula is C15H18FN5OS. The van der Waals surface area contributed by atoms with Crippen LogP contribution in [-0.4, -0.2) is 35.0 Å². The lowest BCUT2D eigenvalue weighted by molar-refractivity contribution is 0.247. The minimum absolute atomic E-state index is 0.0979. The third kappa shape index (κ3) is 4.40. The van der Waals surface area contributed by atoms with E-state index in [0.717, 1.165) is 30.9 Å². The molecule has 8 heteroatoms. The fourth-order valence-corrected chi connectivity index (χ4v) is 3.32. The number of carbonyl (C=O) groups is 1. The molecule has 2 aromatic rings. The van der Waals surface area contributed by atoms with Crippen LogP contribution < -0.4 is 16.4 Å². The van der Waals surface area contributed by atoms with Crippen LogP contribution in [0.25, 0.3) is 0 Å². The molecule has 3 rings (SSSR count). The number of urea groups is 1. The molecule has 0 spiro atoms. The average Bonchev–Trinajstić information content (AvgIpc) is 3.11. The molecular weight excluding hydrogens is 317 g/mol. The molecule has 23 heavy (non-hydrogen) atoms. The highest BCUT2D eigenvalue weighted by molar-refractivity contribution is 7.15. The topological polar surface area (TPSA) is 83.3 Å². The number of benzene rings is 1. The van der Waals surface area contributed by atoms with Gasteiger partial charge in [0, 0.05) is 42.4 Å². The molecule has 1 aliphatic rings. The Kier molecular flexibility index (Phi) is 4.73. The minimum Gasteiger partial charge on any atom is -0.375 e. The normalized spacial score (nSPS) is 18.0. The Hall–Kier alpha value is -2.19. The Bertz CT molecular complexity index is 675. The van der Waals surface area contributed by atoms with Gasteiger partial charge in [0.05, 0.1) is 0 Å². The molecule has 1 saturated heterocycles. The maximum Gasteiger partial charge on any atom is 0.319 e. The molecule has 2 amide bonds. The Morgan fingerprint density at radius 2 is 2.22 bits per heavy atom. The molecule has 1 aromatic carbocycles. The lowest BCUT2D eigenvalue weighted by atomic mass is 10.3. The van der Waals surface area contributed by atoms with Crippen molar-refractivity contribution in [3.8, 4) is 0 Å². The third-order valence-corrected chi connectivity index (χ3v) is 4.47. The van der Waals surface area contributed by atoms with Crippen LogP contribution in [0.5, 0.6) is 0 Å². The quantitative estimate of drug-likeness (QED) is 0.800. The number of hydrogen-bond donors (Lipinski definition) is 3. The second-order valence-corrected chi connectivity index (χ2v) is 6.64. The molecule has 1 unspecified atom stereocenters. The van der Waals surface area contributed by atoms with Gasteiger partial charge in [-0.2, -0.15) is 0 Å². The van der Waals surface area contributed by atoms with Gasteiger partial charge in [-0.1, -0.05) is 0 Å². The zero-order valence-electron chi connectivity index (χ0n) is 12.5. The van der Waals surface area contributed by atoms with Crippen LogP contribution in [0.2, 0.25) is 0 Å². The number of carbonyl (C=O) groups excluding carboxylic acids is 1. The predicted octanol–water partition coefficient (Wildman–Crippen LogP) is 2.26. The molecule has 1 fully saturated rings. The number of nitrogens with two attached hydrogens (primary N) is 1. The van der Waals surface area contributed by atoms with E-state index in [1.54, 1.807) is 6.20 Å². The van der Waals surface area contributed by atoms with Crippen molar-refractivity contribution in [2.24, 2.45) is 0 Å². The van der Waals surface area contributed by atoms with Crippen molar-refractivity contribution < 1.29 is 9.18 Å². The van der Waals surface area contributed by atoms with Gasteiger partial charge in [0.25, 0.3) is 0 Å². The molecule has 2 heterocycles. The van der Waals surface area contributed by atoms with Crippen molar-refractivity contribution in [1.29, 1.82) is 0 Å². The van der Waals surface area contributed by atoms with Crippen molar-refractivity contribution in [2.75, 3.05) is 24.1 Å². The molecule has 0 saturated carbocycles. The number of likely N-dealkylation sites (tertiary alicyclic amines) is 1. The van der Waals surface area contributed by atoms with E-state index in [4.69, 9.17) is 5.73 Å². The lowest BCUT2D eigenvalue weighted by Gasteiger charge is -2.16. The smallest absolute Gasteiger partial charge is 0.319 e. The van der Waals surface area contributed by atoms with Gasteiger partial charge in [0.15, 0.2) is 5.13 Å². The molecule has 0 bridgehead atoms. The zero-order valence-corrected chi connectivity index (χ0v) is 13.3.